The van der Waals surface area contributed by atoms with Crippen LogP contribution in [0.4, 0.5) is 4.39 Å². The molecule has 1 N–H and O–H groups in total. The predicted octanol–water partition coefficient (Wildman–Crippen LogP) is 1.03. The highest BCUT2D eigenvalue weighted by atomic mass is 32.2. The molecule has 2 heterocycles. The molecule has 1 aromatic carbocycles. The lowest BCUT2D eigenvalue weighted by atomic mass is 10.3. The smallest absolute Gasteiger partial charge is 0.260 e. The average Bonchev–Trinajstić information content (AvgIpc) is 3.08. The van der Waals surface area contributed by atoms with E-state index < -0.39 is 25.9 Å². The van der Waals surface area contributed by atoms with Crippen molar-refractivity contribution in [2.75, 3.05) is 32.8 Å². The third kappa shape index (κ3) is 4.04. The van der Waals surface area contributed by atoms with Gasteiger partial charge in [0.2, 0.25) is 10.0 Å². The van der Waals surface area contributed by atoms with Crippen LogP contribution in [-0.2, 0) is 20.0 Å². The lowest BCUT2D eigenvalue weighted by Gasteiger charge is -2.21. The molecule has 1 aliphatic heterocycles. The van der Waals surface area contributed by atoms with Crippen LogP contribution < -0.4 is 4.74 Å². The molecule has 2 aromatic rings. The van der Waals surface area contributed by atoms with Crippen LogP contribution in [0.3, 0.4) is 0 Å². The minimum atomic E-state index is -3.97. The first-order valence-electron chi connectivity index (χ1n) is 8.68. The number of halogens is 1. The normalized spacial score (nSPS) is 17.4. The van der Waals surface area contributed by atoms with Gasteiger partial charge in [0.15, 0.2) is 16.6 Å². The van der Waals surface area contributed by atoms with Crippen molar-refractivity contribution < 1.29 is 26.0 Å². The number of benzene rings is 1. The van der Waals surface area contributed by atoms with Crippen LogP contribution in [-0.4, -0.2) is 68.2 Å². The molecule has 0 radical (unpaired) electrons. The molecule has 0 unspecified atom stereocenters. The standard InChI is InChI=1S/C16H21FN4O5S2/c1-2-26-15-5-4-13(10-14(15)17)27(22,23)20-6-3-7-21(9-8-20)28(24,25)16-11-18-12-19-16/h4-5,10-12H,2-3,6-9H2,1H3,(H,18,19). The van der Waals surface area contributed by atoms with Gasteiger partial charge < -0.3 is 9.72 Å². The zero-order valence-corrected chi connectivity index (χ0v) is 16.8. The second kappa shape index (κ2) is 8.15. The molecular formula is C16H21FN4O5S2. The van der Waals surface area contributed by atoms with Gasteiger partial charge in [-0.1, -0.05) is 0 Å². The molecule has 12 heteroatoms. The Kier molecular flexibility index (Phi) is 6.03. The predicted molar refractivity (Wildman–Crippen MR) is 98.3 cm³/mol. The summed E-state index contributed by atoms with van der Waals surface area (Å²) < 4.78 is 72.5. The van der Waals surface area contributed by atoms with Crippen LogP contribution in [0.15, 0.2) is 40.6 Å². The van der Waals surface area contributed by atoms with Crippen molar-refractivity contribution in [3.8, 4) is 5.75 Å². The monoisotopic (exact) mass is 432 g/mol. The van der Waals surface area contributed by atoms with Crippen LogP contribution in [0.2, 0.25) is 0 Å². The Morgan fingerprint density at radius 1 is 1.11 bits per heavy atom. The van der Waals surface area contributed by atoms with Crippen molar-refractivity contribution in [2.24, 2.45) is 0 Å². The summed E-state index contributed by atoms with van der Waals surface area (Å²) in [7, 11) is -7.74. The van der Waals surface area contributed by atoms with E-state index in [2.05, 4.69) is 9.97 Å². The van der Waals surface area contributed by atoms with Crippen molar-refractivity contribution in [3.05, 3.63) is 36.5 Å². The van der Waals surface area contributed by atoms with Gasteiger partial charge in [-0.2, -0.15) is 8.61 Å². The van der Waals surface area contributed by atoms with Crippen LogP contribution in [0.25, 0.3) is 0 Å². The van der Waals surface area contributed by atoms with Crippen molar-refractivity contribution >= 4 is 20.0 Å². The quantitative estimate of drug-likeness (QED) is 0.730. The van der Waals surface area contributed by atoms with E-state index >= 15 is 0 Å². The number of aromatic amines is 1. The number of H-pyrrole nitrogens is 1. The molecule has 0 aliphatic carbocycles. The maximum absolute atomic E-state index is 14.1. The molecule has 1 saturated heterocycles. The van der Waals surface area contributed by atoms with Gasteiger partial charge >= 0.3 is 0 Å². The average molecular weight is 432 g/mol. The summed E-state index contributed by atoms with van der Waals surface area (Å²) >= 11 is 0. The Bertz CT molecular complexity index is 1030. The summed E-state index contributed by atoms with van der Waals surface area (Å²) in [5, 5.41) is -0.0441. The molecule has 9 nitrogen and oxygen atoms in total. The highest BCUT2D eigenvalue weighted by molar-refractivity contribution is 7.89. The van der Waals surface area contributed by atoms with E-state index in [1.807, 2.05) is 0 Å². The summed E-state index contributed by atoms with van der Waals surface area (Å²) in [6, 6.07) is 3.48. The number of aromatic nitrogens is 2. The van der Waals surface area contributed by atoms with E-state index in [1.54, 1.807) is 6.92 Å². The van der Waals surface area contributed by atoms with Crippen LogP contribution in [0, 0.1) is 5.82 Å². The molecule has 0 atom stereocenters. The molecule has 154 valence electrons. The molecule has 0 bridgehead atoms. The van der Waals surface area contributed by atoms with Gasteiger partial charge in [0, 0.05) is 26.2 Å². The number of sulfonamides is 2. The topological polar surface area (TPSA) is 113 Å². The fourth-order valence-electron chi connectivity index (χ4n) is 2.94. The maximum Gasteiger partial charge on any atom is 0.260 e. The number of rotatable bonds is 6. The van der Waals surface area contributed by atoms with Crippen molar-refractivity contribution in [1.29, 1.82) is 0 Å². The number of hydrogen-bond acceptors (Lipinski definition) is 6. The van der Waals surface area contributed by atoms with E-state index in [1.165, 1.54) is 33.3 Å². The summed E-state index contributed by atoms with van der Waals surface area (Å²) in [6.45, 7) is 2.21. The lowest BCUT2D eigenvalue weighted by Crippen LogP contribution is -2.37. The van der Waals surface area contributed by atoms with E-state index in [0.717, 1.165) is 6.07 Å². The maximum atomic E-state index is 14.1. The van der Waals surface area contributed by atoms with Gasteiger partial charge in [0.05, 0.1) is 24.0 Å². The minimum absolute atomic E-state index is 0.0138. The lowest BCUT2D eigenvalue weighted by molar-refractivity contribution is 0.321. The van der Waals surface area contributed by atoms with Gasteiger partial charge in [-0.05, 0) is 31.5 Å². The van der Waals surface area contributed by atoms with Gasteiger partial charge in [-0.25, -0.2) is 26.2 Å². The second-order valence-electron chi connectivity index (χ2n) is 6.10. The molecule has 3 rings (SSSR count). The van der Waals surface area contributed by atoms with Crippen molar-refractivity contribution in [1.82, 2.24) is 18.6 Å². The summed E-state index contributed by atoms with van der Waals surface area (Å²) in [6.07, 6.45) is 2.78. The Balaban J connectivity index is 1.79. The zero-order chi connectivity index (χ0) is 20.4. The Hall–Kier alpha value is -2.02. The minimum Gasteiger partial charge on any atom is -0.491 e. The number of imidazole rings is 1. The van der Waals surface area contributed by atoms with Gasteiger partial charge in [0.1, 0.15) is 0 Å². The summed E-state index contributed by atoms with van der Waals surface area (Å²) in [5.74, 6) is -0.782. The first kappa shape index (κ1) is 20.7. The third-order valence-corrected chi connectivity index (χ3v) is 8.06. The van der Waals surface area contributed by atoms with Crippen molar-refractivity contribution in [3.63, 3.8) is 0 Å². The Morgan fingerprint density at radius 3 is 2.36 bits per heavy atom. The second-order valence-corrected chi connectivity index (χ2v) is 9.95. The Labute approximate surface area is 163 Å². The molecular weight excluding hydrogens is 411 g/mol. The molecule has 1 aromatic heterocycles. The molecule has 0 amide bonds. The molecule has 0 spiro atoms. The fraction of sp³-hybridized carbons (Fsp3) is 0.438. The largest absolute Gasteiger partial charge is 0.491 e. The highest BCUT2D eigenvalue weighted by Gasteiger charge is 2.32. The zero-order valence-electron chi connectivity index (χ0n) is 15.2. The van der Waals surface area contributed by atoms with E-state index in [4.69, 9.17) is 4.74 Å². The van der Waals surface area contributed by atoms with E-state index in [9.17, 15) is 21.2 Å². The van der Waals surface area contributed by atoms with E-state index in [-0.39, 0.29) is 48.5 Å². The van der Waals surface area contributed by atoms with Gasteiger partial charge in [-0.3, -0.25) is 0 Å². The van der Waals surface area contributed by atoms with Gasteiger partial charge in [0.25, 0.3) is 10.0 Å². The molecule has 28 heavy (non-hydrogen) atoms. The van der Waals surface area contributed by atoms with Crippen LogP contribution in [0.5, 0.6) is 5.75 Å². The number of nitrogens with one attached hydrogen (secondary N) is 1. The molecule has 1 aliphatic rings. The van der Waals surface area contributed by atoms with Crippen LogP contribution in [0.1, 0.15) is 13.3 Å². The Morgan fingerprint density at radius 2 is 1.79 bits per heavy atom. The van der Waals surface area contributed by atoms with E-state index in [0.29, 0.717) is 6.42 Å². The number of hydrogen-bond donors (Lipinski definition) is 1. The SMILES string of the molecule is CCOc1ccc(S(=O)(=O)N2CCCN(S(=O)(=O)c3cnc[nH]3)CC2)cc1F. The first-order chi connectivity index (χ1) is 13.3. The van der Waals surface area contributed by atoms with Gasteiger partial charge in [-0.15, -0.1) is 0 Å². The third-order valence-electron chi connectivity index (χ3n) is 4.35. The number of ether oxygens (including phenoxy) is 1. The molecule has 0 saturated carbocycles. The first-order valence-corrected chi connectivity index (χ1v) is 11.6. The van der Waals surface area contributed by atoms with Crippen molar-refractivity contribution in [2.45, 2.75) is 23.3 Å². The summed E-state index contributed by atoms with van der Waals surface area (Å²) in [5.41, 5.74) is 0. The van der Waals surface area contributed by atoms with Crippen LogP contribution >= 0.6 is 0 Å². The summed E-state index contributed by atoms with van der Waals surface area (Å²) in [4.78, 5) is 6.08. The fourth-order valence-corrected chi connectivity index (χ4v) is 5.79. The molecule has 1 fully saturated rings. The highest BCUT2D eigenvalue weighted by Crippen LogP contribution is 2.25. The number of nitrogens with zero attached hydrogens (tertiary/aromatic N) is 3.